The molecule has 0 spiro atoms. The van der Waals surface area contributed by atoms with Crippen molar-refractivity contribution < 1.29 is 0 Å². The van der Waals surface area contributed by atoms with Gasteiger partial charge >= 0.3 is 0 Å². The van der Waals surface area contributed by atoms with Gasteiger partial charge in [-0.1, -0.05) is 49.5 Å². The first-order valence-electron chi connectivity index (χ1n) is 4.13. The summed E-state index contributed by atoms with van der Waals surface area (Å²) in [6, 6.07) is 0. The standard InChI is InChI=1S/C11H14/c1-2-3-4-5-8-11-9-6-7-10-11/h3-6,8-10H,2,7H2,1H3. The zero-order chi connectivity index (χ0) is 7.94. The highest BCUT2D eigenvalue weighted by atomic mass is 13.9. The van der Waals surface area contributed by atoms with E-state index in [1.807, 2.05) is 0 Å². The Hall–Kier alpha value is -1.04. The van der Waals surface area contributed by atoms with Gasteiger partial charge in [-0.2, -0.15) is 0 Å². The van der Waals surface area contributed by atoms with Gasteiger partial charge < -0.3 is 0 Å². The molecule has 0 aromatic heterocycles. The normalized spacial score (nSPS) is 17.0. The van der Waals surface area contributed by atoms with Crippen molar-refractivity contribution in [3.8, 4) is 0 Å². The van der Waals surface area contributed by atoms with Gasteiger partial charge in [0.2, 0.25) is 0 Å². The van der Waals surface area contributed by atoms with E-state index in [0.29, 0.717) is 0 Å². The van der Waals surface area contributed by atoms with Crippen LogP contribution in [0, 0.1) is 0 Å². The van der Waals surface area contributed by atoms with Crippen LogP contribution in [0.5, 0.6) is 0 Å². The molecule has 1 aliphatic carbocycles. The summed E-state index contributed by atoms with van der Waals surface area (Å²) in [6.45, 7) is 2.14. The summed E-state index contributed by atoms with van der Waals surface area (Å²) in [4.78, 5) is 0. The number of hydrogen-bond donors (Lipinski definition) is 0. The topological polar surface area (TPSA) is 0 Å². The quantitative estimate of drug-likeness (QED) is 0.535. The molecule has 11 heavy (non-hydrogen) atoms. The van der Waals surface area contributed by atoms with E-state index in [2.05, 4.69) is 49.5 Å². The number of rotatable bonds is 3. The van der Waals surface area contributed by atoms with Crippen molar-refractivity contribution >= 4 is 0 Å². The largest absolute Gasteiger partial charge is 0.0848 e. The molecule has 58 valence electrons. The van der Waals surface area contributed by atoms with E-state index in [4.69, 9.17) is 0 Å². The molecule has 0 N–H and O–H groups in total. The first kappa shape index (κ1) is 8.06. The Kier molecular flexibility index (Phi) is 3.46. The van der Waals surface area contributed by atoms with Crippen molar-refractivity contribution in [2.75, 3.05) is 0 Å². The lowest BCUT2D eigenvalue weighted by molar-refractivity contribution is 1.22. The Morgan fingerprint density at radius 2 is 2.36 bits per heavy atom. The molecule has 0 fully saturated rings. The van der Waals surface area contributed by atoms with Crippen LogP contribution in [0.4, 0.5) is 0 Å². The third-order valence-corrected chi connectivity index (χ3v) is 1.57. The van der Waals surface area contributed by atoms with Gasteiger partial charge in [0, 0.05) is 0 Å². The Morgan fingerprint density at radius 3 is 3.00 bits per heavy atom. The van der Waals surface area contributed by atoms with E-state index >= 15 is 0 Å². The van der Waals surface area contributed by atoms with Gasteiger partial charge in [-0.05, 0) is 18.4 Å². The van der Waals surface area contributed by atoms with Gasteiger partial charge in [0.15, 0.2) is 0 Å². The highest BCUT2D eigenvalue weighted by molar-refractivity contribution is 5.36. The minimum absolute atomic E-state index is 1.09. The SMILES string of the molecule is CCC=CC=CC1=CCC=C1. The summed E-state index contributed by atoms with van der Waals surface area (Å²) < 4.78 is 0. The fourth-order valence-electron chi connectivity index (χ4n) is 0.981. The maximum absolute atomic E-state index is 2.22. The predicted molar refractivity (Wildman–Crippen MR) is 50.4 cm³/mol. The second-order valence-corrected chi connectivity index (χ2v) is 2.54. The van der Waals surface area contributed by atoms with Gasteiger partial charge in [-0.15, -0.1) is 0 Å². The zero-order valence-corrected chi connectivity index (χ0v) is 6.96. The van der Waals surface area contributed by atoms with E-state index in [0.717, 1.165) is 12.8 Å². The van der Waals surface area contributed by atoms with E-state index in [1.54, 1.807) is 0 Å². The van der Waals surface area contributed by atoms with Gasteiger partial charge in [0.05, 0.1) is 0 Å². The van der Waals surface area contributed by atoms with Crippen LogP contribution in [0.3, 0.4) is 0 Å². The van der Waals surface area contributed by atoms with Crippen molar-refractivity contribution in [2.24, 2.45) is 0 Å². The Bertz CT molecular complexity index is 214. The van der Waals surface area contributed by atoms with Crippen molar-refractivity contribution in [3.05, 3.63) is 48.1 Å². The third-order valence-electron chi connectivity index (χ3n) is 1.57. The van der Waals surface area contributed by atoms with Crippen LogP contribution < -0.4 is 0 Å². The summed E-state index contributed by atoms with van der Waals surface area (Å²) in [6.07, 6.45) is 17.2. The molecule has 0 aromatic rings. The minimum atomic E-state index is 1.09. The van der Waals surface area contributed by atoms with Crippen molar-refractivity contribution in [1.82, 2.24) is 0 Å². The first-order valence-corrected chi connectivity index (χ1v) is 4.13. The van der Waals surface area contributed by atoms with Crippen LogP contribution in [0.2, 0.25) is 0 Å². The monoisotopic (exact) mass is 146 g/mol. The lowest BCUT2D eigenvalue weighted by atomic mass is 10.2. The fraction of sp³-hybridized carbons (Fsp3) is 0.273. The molecule has 0 saturated heterocycles. The summed E-state index contributed by atoms with van der Waals surface area (Å²) in [5.74, 6) is 0. The average Bonchev–Trinajstić information content (AvgIpc) is 2.50. The first-order chi connectivity index (χ1) is 5.43. The van der Waals surface area contributed by atoms with Gasteiger partial charge in [-0.3, -0.25) is 0 Å². The van der Waals surface area contributed by atoms with E-state index in [9.17, 15) is 0 Å². The average molecular weight is 146 g/mol. The minimum Gasteiger partial charge on any atom is -0.0848 e. The van der Waals surface area contributed by atoms with Gasteiger partial charge in [0.25, 0.3) is 0 Å². The van der Waals surface area contributed by atoms with Crippen LogP contribution in [-0.2, 0) is 0 Å². The van der Waals surface area contributed by atoms with Gasteiger partial charge in [-0.25, -0.2) is 0 Å². The molecule has 0 atom stereocenters. The Balaban J connectivity index is 2.35. The molecule has 0 bridgehead atoms. The molecular weight excluding hydrogens is 132 g/mol. The van der Waals surface area contributed by atoms with Gasteiger partial charge in [0.1, 0.15) is 0 Å². The van der Waals surface area contributed by atoms with E-state index in [1.165, 1.54) is 5.57 Å². The second-order valence-electron chi connectivity index (χ2n) is 2.54. The summed E-state index contributed by atoms with van der Waals surface area (Å²) in [5, 5.41) is 0. The van der Waals surface area contributed by atoms with Crippen molar-refractivity contribution in [1.29, 1.82) is 0 Å². The molecule has 0 amide bonds. The molecule has 0 aromatic carbocycles. The van der Waals surface area contributed by atoms with Crippen LogP contribution in [0.1, 0.15) is 19.8 Å². The molecule has 0 nitrogen and oxygen atoms in total. The smallest absolute Gasteiger partial charge is 0.0157 e. The van der Waals surface area contributed by atoms with Crippen molar-refractivity contribution in [3.63, 3.8) is 0 Å². The Morgan fingerprint density at radius 1 is 1.45 bits per heavy atom. The highest BCUT2D eigenvalue weighted by Crippen LogP contribution is 2.09. The molecule has 0 heterocycles. The Labute approximate surface area is 68.6 Å². The molecule has 0 radical (unpaired) electrons. The maximum atomic E-state index is 2.22. The molecular formula is C11H14. The third kappa shape index (κ3) is 3.03. The summed E-state index contributed by atoms with van der Waals surface area (Å²) in [5.41, 5.74) is 1.32. The molecule has 0 aliphatic heterocycles. The fourth-order valence-corrected chi connectivity index (χ4v) is 0.981. The molecule has 0 saturated carbocycles. The zero-order valence-electron chi connectivity index (χ0n) is 6.96. The second kappa shape index (κ2) is 4.73. The van der Waals surface area contributed by atoms with Crippen LogP contribution in [0.25, 0.3) is 0 Å². The number of hydrogen-bond acceptors (Lipinski definition) is 0. The summed E-state index contributed by atoms with van der Waals surface area (Å²) >= 11 is 0. The summed E-state index contributed by atoms with van der Waals surface area (Å²) in [7, 11) is 0. The predicted octanol–water partition coefficient (Wildman–Crippen LogP) is 3.40. The molecule has 0 heteroatoms. The highest BCUT2D eigenvalue weighted by Gasteiger charge is 1.89. The van der Waals surface area contributed by atoms with E-state index < -0.39 is 0 Å². The van der Waals surface area contributed by atoms with E-state index in [-0.39, 0.29) is 0 Å². The lowest BCUT2D eigenvalue weighted by Crippen LogP contribution is -1.62. The van der Waals surface area contributed by atoms with Crippen LogP contribution >= 0.6 is 0 Å². The van der Waals surface area contributed by atoms with Crippen molar-refractivity contribution in [2.45, 2.75) is 19.8 Å². The number of allylic oxidation sites excluding steroid dienone is 8. The van der Waals surface area contributed by atoms with Crippen LogP contribution in [0.15, 0.2) is 48.1 Å². The maximum Gasteiger partial charge on any atom is -0.0157 e. The lowest BCUT2D eigenvalue weighted by Gasteiger charge is -1.83. The molecule has 1 rings (SSSR count). The molecule has 1 aliphatic rings. The van der Waals surface area contributed by atoms with Crippen LogP contribution in [-0.4, -0.2) is 0 Å². The molecule has 0 unspecified atom stereocenters.